The number of anilines is 1. The zero-order chi connectivity index (χ0) is 13.8. The van der Waals surface area contributed by atoms with E-state index in [-0.39, 0.29) is 17.9 Å². The standard InChI is InChI=1S/C13H16N2O4/c16-11-5-9-7-14-8-15(10(9)6-12(11)17)4-2-1-3-13(18)19/h5-7,16-17H,1-4,8H2,(H,18,19). The predicted octanol–water partition coefficient (Wildman–Crippen LogP) is 1.55. The summed E-state index contributed by atoms with van der Waals surface area (Å²) in [4.78, 5) is 16.6. The van der Waals surface area contributed by atoms with Gasteiger partial charge in [0.15, 0.2) is 11.5 Å². The first-order chi connectivity index (χ1) is 9.08. The number of nitrogens with zero attached hydrogens (tertiary/aromatic N) is 2. The van der Waals surface area contributed by atoms with Gasteiger partial charge in [-0.1, -0.05) is 0 Å². The van der Waals surface area contributed by atoms with E-state index in [1.165, 1.54) is 12.1 Å². The lowest BCUT2D eigenvalue weighted by molar-refractivity contribution is -0.137. The summed E-state index contributed by atoms with van der Waals surface area (Å²) >= 11 is 0. The molecule has 0 atom stereocenters. The Hall–Kier alpha value is -2.24. The molecule has 2 rings (SSSR count). The molecule has 19 heavy (non-hydrogen) atoms. The summed E-state index contributed by atoms with van der Waals surface area (Å²) < 4.78 is 0. The fourth-order valence-corrected chi connectivity index (χ4v) is 2.04. The van der Waals surface area contributed by atoms with E-state index < -0.39 is 5.97 Å². The van der Waals surface area contributed by atoms with E-state index in [0.717, 1.165) is 17.7 Å². The Morgan fingerprint density at radius 1 is 1.26 bits per heavy atom. The fraction of sp³-hybridized carbons (Fsp3) is 0.385. The summed E-state index contributed by atoms with van der Waals surface area (Å²) in [6.07, 6.45) is 3.16. The van der Waals surface area contributed by atoms with E-state index in [0.29, 0.717) is 19.6 Å². The van der Waals surface area contributed by atoms with Crippen LogP contribution in [0.3, 0.4) is 0 Å². The van der Waals surface area contributed by atoms with Gasteiger partial charge in [0.05, 0.1) is 5.69 Å². The molecule has 3 N–H and O–H groups in total. The van der Waals surface area contributed by atoms with E-state index >= 15 is 0 Å². The van der Waals surface area contributed by atoms with Gasteiger partial charge in [-0.2, -0.15) is 0 Å². The van der Waals surface area contributed by atoms with Gasteiger partial charge < -0.3 is 20.2 Å². The second-order valence-electron chi connectivity index (χ2n) is 4.47. The lowest BCUT2D eigenvalue weighted by Crippen LogP contribution is -2.28. The van der Waals surface area contributed by atoms with Crippen LogP contribution in [0.25, 0.3) is 0 Å². The van der Waals surface area contributed by atoms with Crippen molar-refractivity contribution in [3.63, 3.8) is 0 Å². The van der Waals surface area contributed by atoms with Crippen molar-refractivity contribution in [3.8, 4) is 11.5 Å². The zero-order valence-corrected chi connectivity index (χ0v) is 10.4. The molecule has 0 amide bonds. The molecule has 102 valence electrons. The molecule has 6 nitrogen and oxygen atoms in total. The number of phenolic OH excluding ortho intramolecular Hbond substituents is 2. The average molecular weight is 264 g/mol. The maximum absolute atomic E-state index is 10.4. The summed E-state index contributed by atoms with van der Waals surface area (Å²) in [6, 6.07) is 2.98. The Morgan fingerprint density at radius 2 is 2.00 bits per heavy atom. The van der Waals surface area contributed by atoms with Crippen molar-refractivity contribution in [2.75, 3.05) is 18.1 Å². The lowest BCUT2D eigenvalue weighted by Gasteiger charge is -2.27. The van der Waals surface area contributed by atoms with Gasteiger partial charge in [-0.05, 0) is 18.9 Å². The molecule has 0 bridgehead atoms. The van der Waals surface area contributed by atoms with Gasteiger partial charge in [-0.25, -0.2) is 0 Å². The maximum Gasteiger partial charge on any atom is 0.303 e. The van der Waals surface area contributed by atoms with Gasteiger partial charge in [0, 0.05) is 30.8 Å². The van der Waals surface area contributed by atoms with Crippen molar-refractivity contribution < 1.29 is 20.1 Å². The third kappa shape index (κ3) is 3.15. The number of fused-ring (bicyclic) bond motifs is 1. The van der Waals surface area contributed by atoms with Crippen LogP contribution in [-0.2, 0) is 4.79 Å². The number of hydrogen-bond acceptors (Lipinski definition) is 5. The predicted molar refractivity (Wildman–Crippen MR) is 71.1 cm³/mol. The minimum Gasteiger partial charge on any atom is -0.504 e. The van der Waals surface area contributed by atoms with E-state index in [1.807, 2.05) is 4.90 Å². The van der Waals surface area contributed by atoms with Crippen LogP contribution >= 0.6 is 0 Å². The van der Waals surface area contributed by atoms with Crippen LogP contribution in [0.15, 0.2) is 17.1 Å². The smallest absolute Gasteiger partial charge is 0.303 e. The number of carboxylic acid groups (broad SMARTS) is 1. The number of aliphatic imine (C=N–C) groups is 1. The number of unbranched alkanes of at least 4 members (excludes halogenated alkanes) is 1. The highest BCUT2D eigenvalue weighted by Gasteiger charge is 2.16. The summed E-state index contributed by atoms with van der Waals surface area (Å²) in [5.74, 6) is -1.12. The third-order valence-corrected chi connectivity index (χ3v) is 3.02. The summed E-state index contributed by atoms with van der Waals surface area (Å²) in [5, 5.41) is 27.6. The second kappa shape index (κ2) is 5.60. The number of aliphatic carboxylic acids is 1. The Bertz CT molecular complexity index is 514. The number of phenols is 2. The van der Waals surface area contributed by atoms with Gasteiger partial charge in [0.2, 0.25) is 0 Å². The molecule has 1 aromatic carbocycles. The molecule has 0 aliphatic carbocycles. The van der Waals surface area contributed by atoms with Crippen LogP contribution in [-0.4, -0.2) is 40.7 Å². The number of aromatic hydroxyl groups is 2. The van der Waals surface area contributed by atoms with Gasteiger partial charge in [0.1, 0.15) is 6.67 Å². The molecule has 0 radical (unpaired) electrons. The number of hydrogen-bond donors (Lipinski definition) is 3. The van der Waals surface area contributed by atoms with Crippen LogP contribution in [0, 0.1) is 0 Å². The van der Waals surface area contributed by atoms with Crippen LogP contribution in [0.1, 0.15) is 24.8 Å². The van der Waals surface area contributed by atoms with Crippen molar-refractivity contribution in [2.24, 2.45) is 4.99 Å². The van der Waals surface area contributed by atoms with Crippen molar-refractivity contribution in [1.82, 2.24) is 0 Å². The maximum atomic E-state index is 10.4. The van der Waals surface area contributed by atoms with Gasteiger partial charge in [0.25, 0.3) is 0 Å². The third-order valence-electron chi connectivity index (χ3n) is 3.02. The van der Waals surface area contributed by atoms with Crippen LogP contribution in [0.5, 0.6) is 11.5 Å². The number of benzene rings is 1. The van der Waals surface area contributed by atoms with Crippen LogP contribution in [0.4, 0.5) is 5.69 Å². The minimum absolute atomic E-state index is 0.158. The topological polar surface area (TPSA) is 93.4 Å². The molecule has 1 heterocycles. The first-order valence-electron chi connectivity index (χ1n) is 6.10. The Balaban J connectivity index is 2.03. The average Bonchev–Trinajstić information content (AvgIpc) is 2.36. The highest BCUT2D eigenvalue weighted by molar-refractivity contribution is 5.91. The fourth-order valence-electron chi connectivity index (χ4n) is 2.04. The first kappa shape index (κ1) is 13.2. The SMILES string of the molecule is O=C(O)CCCCN1CN=Cc2cc(O)c(O)cc21. The number of rotatable bonds is 5. The molecule has 0 fully saturated rings. The molecule has 0 unspecified atom stereocenters. The van der Waals surface area contributed by atoms with Gasteiger partial charge >= 0.3 is 5.97 Å². The van der Waals surface area contributed by atoms with Gasteiger partial charge in [-0.15, -0.1) is 0 Å². The summed E-state index contributed by atoms with van der Waals surface area (Å²) in [6.45, 7) is 1.14. The summed E-state index contributed by atoms with van der Waals surface area (Å²) in [7, 11) is 0. The number of carbonyl (C=O) groups is 1. The minimum atomic E-state index is -0.792. The molecule has 0 aromatic heterocycles. The largest absolute Gasteiger partial charge is 0.504 e. The Labute approximate surface area is 110 Å². The van der Waals surface area contributed by atoms with Crippen LogP contribution < -0.4 is 4.90 Å². The van der Waals surface area contributed by atoms with Crippen molar-refractivity contribution in [2.45, 2.75) is 19.3 Å². The quantitative estimate of drug-likeness (QED) is 0.554. The molecule has 1 aliphatic rings. The molecule has 6 heteroatoms. The highest BCUT2D eigenvalue weighted by Crippen LogP contribution is 2.34. The molecular formula is C13H16N2O4. The van der Waals surface area contributed by atoms with Crippen molar-refractivity contribution >= 4 is 17.9 Å². The molecule has 0 spiro atoms. The van der Waals surface area contributed by atoms with E-state index in [4.69, 9.17) is 5.11 Å². The highest BCUT2D eigenvalue weighted by atomic mass is 16.4. The normalized spacial score (nSPS) is 13.4. The summed E-state index contributed by atoms with van der Waals surface area (Å²) in [5.41, 5.74) is 1.56. The molecular weight excluding hydrogens is 248 g/mol. The van der Waals surface area contributed by atoms with E-state index in [9.17, 15) is 15.0 Å². The molecule has 0 saturated heterocycles. The Morgan fingerprint density at radius 3 is 2.74 bits per heavy atom. The van der Waals surface area contributed by atoms with Crippen LogP contribution in [0.2, 0.25) is 0 Å². The molecule has 0 saturated carbocycles. The number of carboxylic acids is 1. The van der Waals surface area contributed by atoms with E-state index in [2.05, 4.69) is 4.99 Å². The Kier molecular flexibility index (Phi) is 3.89. The van der Waals surface area contributed by atoms with Gasteiger partial charge in [-0.3, -0.25) is 9.79 Å². The first-order valence-corrected chi connectivity index (χ1v) is 6.10. The van der Waals surface area contributed by atoms with E-state index in [1.54, 1.807) is 6.21 Å². The monoisotopic (exact) mass is 264 g/mol. The zero-order valence-electron chi connectivity index (χ0n) is 10.4. The van der Waals surface area contributed by atoms with Crippen molar-refractivity contribution in [3.05, 3.63) is 17.7 Å². The molecule has 1 aliphatic heterocycles. The second-order valence-corrected chi connectivity index (χ2v) is 4.47. The lowest BCUT2D eigenvalue weighted by atomic mass is 10.1. The van der Waals surface area contributed by atoms with Crippen molar-refractivity contribution in [1.29, 1.82) is 0 Å². The molecule has 1 aromatic rings.